The Bertz CT molecular complexity index is 401. The Balaban J connectivity index is 2.03. The fraction of sp³-hybridized carbons (Fsp3) is 0.571. The second kappa shape index (κ2) is 6.92. The van der Waals surface area contributed by atoms with Crippen LogP contribution < -0.4 is 4.74 Å². The predicted molar refractivity (Wildman–Crippen MR) is 80.6 cm³/mol. The molecular formula is C14H18Br2O2. The van der Waals surface area contributed by atoms with Crippen LogP contribution in [0, 0.1) is 6.92 Å². The number of rotatable bonds is 4. The monoisotopic (exact) mass is 376 g/mol. The van der Waals surface area contributed by atoms with Crippen LogP contribution in [0.3, 0.4) is 0 Å². The number of ether oxygens (including phenoxy) is 2. The molecule has 4 heteroatoms. The van der Waals surface area contributed by atoms with E-state index in [0.29, 0.717) is 6.61 Å². The fourth-order valence-electron chi connectivity index (χ4n) is 2.22. The first kappa shape index (κ1) is 14.4. The zero-order valence-electron chi connectivity index (χ0n) is 10.5. The normalized spacial score (nSPS) is 19.8. The van der Waals surface area contributed by atoms with E-state index < -0.39 is 0 Å². The van der Waals surface area contributed by atoms with Crippen LogP contribution in [0.15, 0.2) is 16.6 Å². The predicted octanol–water partition coefficient (Wildman–Crippen LogP) is 4.60. The molecule has 0 saturated carbocycles. The van der Waals surface area contributed by atoms with Gasteiger partial charge in [-0.05, 0) is 43.9 Å². The van der Waals surface area contributed by atoms with Crippen molar-refractivity contribution in [3.8, 4) is 5.75 Å². The summed E-state index contributed by atoms with van der Waals surface area (Å²) in [6.45, 7) is 3.61. The minimum atomic E-state index is 0.255. The van der Waals surface area contributed by atoms with E-state index >= 15 is 0 Å². The van der Waals surface area contributed by atoms with Gasteiger partial charge in [-0.15, -0.1) is 0 Å². The molecule has 1 aliphatic heterocycles. The van der Waals surface area contributed by atoms with Crippen molar-refractivity contribution in [3.63, 3.8) is 0 Å². The van der Waals surface area contributed by atoms with Gasteiger partial charge in [0.1, 0.15) is 12.4 Å². The summed E-state index contributed by atoms with van der Waals surface area (Å²) in [6.07, 6.45) is 3.79. The molecule has 2 nitrogen and oxygen atoms in total. The van der Waals surface area contributed by atoms with Crippen molar-refractivity contribution >= 4 is 31.9 Å². The number of benzene rings is 1. The largest absolute Gasteiger partial charge is 0.490 e. The van der Waals surface area contributed by atoms with Gasteiger partial charge in [0.05, 0.1) is 6.10 Å². The maximum atomic E-state index is 5.98. The first-order valence-electron chi connectivity index (χ1n) is 6.30. The number of alkyl halides is 1. The minimum absolute atomic E-state index is 0.255. The van der Waals surface area contributed by atoms with Crippen molar-refractivity contribution in [1.29, 1.82) is 0 Å². The smallest absolute Gasteiger partial charge is 0.126 e. The van der Waals surface area contributed by atoms with Gasteiger partial charge in [0.15, 0.2) is 0 Å². The average molecular weight is 378 g/mol. The molecule has 0 spiro atoms. The molecule has 0 bridgehead atoms. The lowest BCUT2D eigenvalue weighted by Crippen LogP contribution is -2.26. The molecule has 0 amide bonds. The molecule has 1 heterocycles. The molecule has 1 saturated heterocycles. The Morgan fingerprint density at radius 3 is 2.89 bits per heavy atom. The number of halogens is 2. The number of hydrogen-bond donors (Lipinski definition) is 0. The van der Waals surface area contributed by atoms with E-state index in [-0.39, 0.29) is 6.10 Å². The van der Waals surface area contributed by atoms with E-state index in [1.165, 1.54) is 18.4 Å². The van der Waals surface area contributed by atoms with Crippen LogP contribution in [0.25, 0.3) is 0 Å². The van der Waals surface area contributed by atoms with Gasteiger partial charge in [-0.2, -0.15) is 0 Å². The van der Waals surface area contributed by atoms with Crippen LogP contribution in [0.1, 0.15) is 30.4 Å². The summed E-state index contributed by atoms with van der Waals surface area (Å²) >= 11 is 7.03. The molecule has 1 fully saturated rings. The molecule has 1 aromatic rings. The lowest BCUT2D eigenvalue weighted by molar-refractivity contribution is -0.0113. The van der Waals surface area contributed by atoms with Crippen LogP contribution in [0.5, 0.6) is 5.75 Å². The van der Waals surface area contributed by atoms with Gasteiger partial charge in [0.25, 0.3) is 0 Å². The molecular weight excluding hydrogens is 360 g/mol. The molecule has 0 N–H and O–H groups in total. The molecule has 100 valence electrons. The van der Waals surface area contributed by atoms with Gasteiger partial charge in [-0.25, -0.2) is 0 Å². The summed E-state index contributed by atoms with van der Waals surface area (Å²) in [6, 6.07) is 4.18. The second-order valence-corrected chi connectivity index (χ2v) is 6.12. The van der Waals surface area contributed by atoms with E-state index in [2.05, 4.69) is 50.9 Å². The summed E-state index contributed by atoms with van der Waals surface area (Å²) < 4.78 is 12.8. The maximum absolute atomic E-state index is 5.98. The van der Waals surface area contributed by atoms with Crippen LogP contribution >= 0.6 is 31.9 Å². The molecule has 0 aromatic heterocycles. The Morgan fingerprint density at radius 1 is 1.39 bits per heavy atom. The lowest BCUT2D eigenvalue weighted by Gasteiger charge is -2.23. The Kier molecular flexibility index (Phi) is 5.52. The highest BCUT2D eigenvalue weighted by molar-refractivity contribution is 9.10. The molecule has 2 rings (SSSR count). The Labute approximate surface area is 125 Å². The van der Waals surface area contributed by atoms with Crippen LogP contribution in [0.2, 0.25) is 0 Å². The molecule has 0 aliphatic carbocycles. The van der Waals surface area contributed by atoms with Crippen LogP contribution in [-0.2, 0) is 10.1 Å². The molecule has 1 unspecified atom stereocenters. The van der Waals surface area contributed by atoms with Gasteiger partial charge < -0.3 is 9.47 Å². The standard InChI is InChI=1S/C14H18Br2O2/c1-10-6-12(16)7-11(8-15)14(10)18-9-13-4-2-3-5-17-13/h6-7,13H,2-5,8-9H2,1H3. The van der Waals surface area contributed by atoms with Gasteiger partial charge in [0, 0.05) is 22.0 Å². The summed E-state index contributed by atoms with van der Waals surface area (Å²) in [5.41, 5.74) is 2.34. The topological polar surface area (TPSA) is 18.5 Å². The van der Waals surface area contributed by atoms with Gasteiger partial charge in [-0.1, -0.05) is 31.9 Å². The third kappa shape index (κ3) is 3.72. The Hall–Kier alpha value is -0.0600. The average Bonchev–Trinajstić information content (AvgIpc) is 2.38. The summed E-state index contributed by atoms with van der Waals surface area (Å²) in [7, 11) is 0. The van der Waals surface area contributed by atoms with Gasteiger partial charge in [0.2, 0.25) is 0 Å². The first-order valence-corrected chi connectivity index (χ1v) is 8.21. The molecule has 18 heavy (non-hydrogen) atoms. The number of aryl methyl sites for hydroxylation is 1. The molecule has 0 radical (unpaired) electrons. The third-order valence-electron chi connectivity index (χ3n) is 3.15. The third-order valence-corrected chi connectivity index (χ3v) is 4.21. The summed E-state index contributed by atoms with van der Waals surface area (Å²) in [5.74, 6) is 0.990. The lowest BCUT2D eigenvalue weighted by atomic mass is 10.1. The highest BCUT2D eigenvalue weighted by atomic mass is 79.9. The fourth-order valence-corrected chi connectivity index (χ4v) is 3.26. The molecule has 1 aromatic carbocycles. The highest BCUT2D eigenvalue weighted by Gasteiger charge is 2.16. The second-order valence-electron chi connectivity index (χ2n) is 4.64. The quantitative estimate of drug-likeness (QED) is 0.714. The van der Waals surface area contributed by atoms with E-state index in [4.69, 9.17) is 9.47 Å². The van der Waals surface area contributed by atoms with Crippen molar-refractivity contribution < 1.29 is 9.47 Å². The summed E-state index contributed by atoms with van der Waals surface area (Å²) in [4.78, 5) is 0. The van der Waals surface area contributed by atoms with E-state index in [1.54, 1.807) is 0 Å². The van der Waals surface area contributed by atoms with Gasteiger partial charge >= 0.3 is 0 Å². The van der Waals surface area contributed by atoms with Crippen molar-refractivity contribution in [2.75, 3.05) is 13.2 Å². The molecule has 1 atom stereocenters. The van der Waals surface area contributed by atoms with E-state index in [9.17, 15) is 0 Å². The van der Waals surface area contributed by atoms with Crippen molar-refractivity contribution in [3.05, 3.63) is 27.7 Å². The SMILES string of the molecule is Cc1cc(Br)cc(CBr)c1OCC1CCCCO1. The zero-order chi connectivity index (χ0) is 13.0. The number of hydrogen-bond acceptors (Lipinski definition) is 2. The Morgan fingerprint density at radius 2 is 2.22 bits per heavy atom. The van der Waals surface area contributed by atoms with Crippen LogP contribution in [-0.4, -0.2) is 19.3 Å². The maximum Gasteiger partial charge on any atom is 0.126 e. The summed E-state index contributed by atoms with van der Waals surface area (Å²) in [5, 5.41) is 0.800. The van der Waals surface area contributed by atoms with E-state index in [0.717, 1.165) is 34.1 Å². The van der Waals surface area contributed by atoms with Crippen molar-refractivity contribution in [1.82, 2.24) is 0 Å². The minimum Gasteiger partial charge on any atom is -0.490 e. The molecule has 1 aliphatic rings. The highest BCUT2D eigenvalue weighted by Crippen LogP contribution is 2.30. The van der Waals surface area contributed by atoms with Gasteiger partial charge in [-0.3, -0.25) is 0 Å². The van der Waals surface area contributed by atoms with Crippen molar-refractivity contribution in [2.24, 2.45) is 0 Å². The van der Waals surface area contributed by atoms with E-state index in [1.807, 2.05) is 0 Å². The zero-order valence-corrected chi connectivity index (χ0v) is 13.7. The van der Waals surface area contributed by atoms with Crippen molar-refractivity contribution in [2.45, 2.75) is 37.6 Å². The first-order chi connectivity index (χ1) is 8.70. The van der Waals surface area contributed by atoms with Crippen LogP contribution in [0.4, 0.5) is 0 Å².